The first kappa shape index (κ1) is 28.4. The Kier molecular flexibility index (Phi) is 8.11. The van der Waals surface area contributed by atoms with E-state index >= 15 is 8.78 Å². The third kappa shape index (κ3) is 5.16. The van der Waals surface area contributed by atoms with Gasteiger partial charge in [-0.2, -0.15) is 0 Å². The van der Waals surface area contributed by atoms with Crippen molar-refractivity contribution in [1.82, 2.24) is 0 Å². The van der Waals surface area contributed by atoms with Crippen LogP contribution in [0, 0.1) is 5.82 Å². The third-order valence-corrected chi connectivity index (χ3v) is 12.6. The summed E-state index contributed by atoms with van der Waals surface area (Å²) in [5.41, 5.74) is -0.319. The number of rotatable bonds is 7. The molecule has 1 aliphatic heterocycles. The number of carbonyl (C=O) groups is 1. The van der Waals surface area contributed by atoms with Crippen LogP contribution in [0.15, 0.2) is 77.3 Å². The van der Waals surface area contributed by atoms with Gasteiger partial charge in [0, 0.05) is 17.4 Å². The summed E-state index contributed by atoms with van der Waals surface area (Å²) in [4.78, 5) is 13.9. The molecule has 1 aliphatic rings. The molecule has 0 radical (unpaired) electrons. The molecule has 0 N–H and O–H groups in total. The van der Waals surface area contributed by atoms with Crippen LogP contribution in [0.2, 0.25) is 5.04 Å². The highest BCUT2D eigenvalue weighted by Crippen LogP contribution is 2.42. The van der Waals surface area contributed by atoms with E-state index in [9.17, 15) is 9.18 Å². The van der Waals surface area contributed by atoms with Gasteiger partial charge in [0.1, 0.15) is 17.4 Å². The van der Waals surface area contributed by atoms with Gasteiger partial charge in [-0.15, -0.1) is 0 Å². The molecule has 1 fully saturated rings. The number of esters is 1. The van der Waals surface area contributed by atoms with Gasteiger partial charge in [0.2, 0.25) is 0 Å². The second kappa shape index (κ2) is 10.9. The molecule has 0 amide bonds. The number of ether oxygens (including phenoxy) is 1. The van der Waals surface area contributed by atoms with E-state index in [0.717, 1.165) is 23.5 Å². The summed E-state index contributed by atoms with van der Waals surface area (Å²) >= 11 is 3.24. The van der Waals surface area contributed by atoms with Gasteiger partial charge in [0.25, 0.3) is 14.2 Å². The first-order chi connectivity index (χ1) is 17.9. The molecule has 0 bridgehead atoms. The highest BCUT2D eigenvalue weighted by Gasteiger charge is 2.54. The van der Waals surface area contributed by atoms with E-state index in [2.05, 4.69) is 36.7 Å². The quantitative estimate of drug-likeness (QED) is 0.239. The second-order valence-corrected chi connectivity index (χ2v) is 15.7. The number of alkyl halides is 2. The van der Waals surface area contributed by atoms with Crippen LogP contribution in [0.1, 0.15) is 37.6 Å². The second-order valence-electron chi connectivity index (χ2n) is 10.5. The van der Waals surface area contributed by atoms with Crippen molar-refractivity contribution < 1.29 is 27.1 Å². The Balaban J connectivity index is 1.82. The summed E-state index contributed by atoms with van der Waals surface area (Å²) in [5.74, 6) is -4.90. The fourth-order valence-electron chi connectivity index (χ4n) is 5.38. The number of nitrogens with zero attached hydrogens (tertiary/aromatic N) is 1. The van der Waals surface area contributed by atoms with Crippen molar-refractivity contribution in [3.63, 3.8) is 0 Å². The standard InChI is InChI=1S/C29H31BrF3NO3Si/c1-28(2,3)38(21-11-7-5-8-12-21,22-13-9-6-10-14-22)37-19-25-29(32,33)15-16-34(25)24-18-20(30)17-23(31)26(24)27(35)36-4/h5-14,17-18,25H,15-16,19H2,1-4H3. The molecular weight excluding hydrogens is 575 g/mol. The molecule has 1 unspecified atom stereocenters. The average molecular weight is 607 g/mol. The molecule has 3 aromatic rings. The molecule has 1 heterocycles. The van der Waals surface area contributed by atoms with Crippen LogP contribution in [0.5, 0.6) is 0 Å². The fraction of sp³-hybridized carbons (Fsp3) is 0.345. The Morgan fingerprint density at radius 3 is 2.11 bits per heavy atom. The lowest BCUT2D eigenvalue weighted by Crippen LogP contribution is -2.67. The summed E-state index contributed by atoms with van der Waals surface area (Å²) in [6.07, 6.45) is -0.448. The highest BCUT2D eigenvalue weighted by atomic mass is 79.9. The van der Waals surface area contributed by atoms with Crippen molar-refractivity contribution >= 4 is 46.3 Å². The van der Waals surface area contributed by atoms with Crippen LogP contribution < -0.4 is 15.3 Å². The summed E-state index contributed by atoms with van der Waals surface area (Å²) in [6, 6.07) is 20.7. The molecule has 202 valence electrons. The molecule has 9 heteroatoms. The molecular formula is C29H31BrF3NO3Si. The van der Waals surface area contributed by atoms with Crippen LogP contribution in [0.25, 0.3) is 0 Å². The monoisotopic (exact) mass is 605 g/mol. The Bertz CT molecular complexity index is 1250. The zero-order valence-electron chi connectivity index (χ0n) is 21.8. The molecule has 0 spiro atoms. The SMILES string of the molecule is COC(=O)c1c(F)cc(Br)cc1N1CCC(F)(F)C1CO[Si](c1ccccc1)(c1ccccc1)C(C)(C)C. The maximum absolute atomic E-state index is 15.5. The van der Waals surface area contributed by atoms with Crippen molar-refractivity contribution in [1.29, 1.82) is 0 Å². The Labute approximate surface area is 231 Å². The predicted octanol–water partition coefficient (Wildman–Crippen LogP) is 6.17. The third-order valence-electron chi connectivity index (χ3n) is 7.16. The molecule has 38 heavy (non-hydrogen) atoms. The lowest BCUT2D eigenvalue weighted by atomic mass is 10.1. The first-order valence-corrected chi connectivity index (χ1v) is 15.1. The van der Waals surface area contributed by atoms with Crippen molar-refractivity contribution in [3.05, 3.63) is 88.6 Å². The number of hydrogen-bond donors (Lipinski definition) is 0. The lowest BCUT2D eigenvalue weighted by Gasteiger charge is -2.44. The Hall–Kier alpha value is -2.62. The van der Waals surface area contributed by atoms with E-state index in [4.69, 9.17) is 9.16 Å². The first-order valence-electron chi connectivity index (χ1n) is 12.4. The smallest absolute Gasteiger partial charge is 0.342 e. The van der Waals surface area contributed by atoms with E-state index in [-0.39, 0.29) is 24.4 Å². The lowest BCUT2D eigenvalue weighted by molar-refractivity contribution is -0.0199. The van der Waals surface area contributed by atoms with Gasteiger partial charge in [0.15, 0.2) is 0 Å². The zero-order chi connectivity index (χ0) is 27.7. The fourth-order valence-corrected chi connectivity index (χ4v) is 10.4. The maximum atomic E-state index is 15.5. The van der Waals surface area contributed by atoms with Gasteiger partial charge in [-0.1, -0.05) is 97.4 Å². The van der Waals surface area contributed by atoms with E-state index < -0.39 is 43.5 Å². The van der Waals surface area contributed by atoms with Gasteiger partial charge in [0.05, 0.1) is 19.4 Å². The molecule has 0 saturated carbocycles. The maximum Gasteiger partial charge on any atom is 0.342 e. The molecule has 4 rings (SSSR count). The minimum atomic E-state index is -3.13. The minimum Gasteiger partial charge on any atom is -0.465 e. The van der Waals surface area contributed by atoms with E-state index in [0.29, 0.717) is 4.47 Å². The molecule has 0 aromatic heterocycles. The molecule has 1 atom stereocenters. The largest absolute Gasteiger partial charge is 0.465 e. The van der Waals surface area contributed by atoms with Crippen LogP contribution >= 0.6 is 15.9 Å². The zero-order valence-corrected chi connectivity index (χ0v) is 24.4. The normalized spacial score (nSPS) is 17.5. The number of hydrogen-bond acceptors (Lipinski definition) is 4. The van der Waals surface area contributed by atoms with Gasteiger partial charge in [-0.25, -0.2) is 18.0 Å². The number of halogens is 4. The number of anilines is 1. The van der Waals surface area contributed by atoms with Crippen LogP contribution in [0.3, 0.4) is 0 Å². The summed E-state index contributed by atoms with van der Waals surface area (Å²) in [5, 5.41) is 1.53. The molecule has 0 aliphatic carbocycles. The topological polar surface area (TPSA) is 38.8 Å². The van der Waals surface area contributed by atoms with Crippen LogP contribution in [-0.2, 0) is 9.16 Å². The highest BCUT2D eigenvalue weighted by molar-refractivity contribution is 9.10. The van der Waals surface area contributed by atoms with E-state index in [1.54, 1.807) is 0 Å². The summed E-state index contributed by atoms with van der Waals surface area (Å²) in [6.45, 7) is 5.84. The number of methoxy groups -OCH3 is 1. The van der Waals surface area contributed by atoms with Gasteiger partial charge < -0.3 is 14.1 Å². The van der Waals surface area contributed by atoms with Crippen molar-refractivity contribution in [2.24, 2.45) is 0 Å². The van der Waals surface area contributed by atoms with E-state index in [1.807, 2.05) is 60.7 Å². The van der Waals surface area contributed by atoms with Crippen molar-refractivity contribution in [2.45, 2.75) is 44.2 Å². The van der Waals surface area contributed by atoms with Crippen LogP contribution in [-0.4, -0.2) is 46.5 Å². The van der Waals surface area contributed by atoms with Gasteiger partial charge >= 0.3 is 5.97 Å². The van der Waals surface area contributed by atoms with Gasteiger partial charge in [-0.3, -0.25) is 0 Å². The van der Waals surface area contributed by atoms with Crippen LogP contribution in [0.4, 0.5) is 18.9 Å². The minimum absolute atomic E-state index is 0.0527. The summed E-state index contributed by atoms with van der Waals surface area (Å²) < 4.78 is 57.9. The molecule has 3 aromatic carbocycles. The predicted molar refractivity (Wildman–Crippen MR) is 150 cm³/mol. The van der Waals surface area contributed by atoms with Gasteiger partial charge in [-0.05, 0) is 27.5 Å². The molecule has 1 saturated heterocycles. The summed E-state index contributed by atoms with van der Waals surface area (Å²) in [7, 11) is -1.97. The van der Waals surface area contributed by atoms with Crippen molar-refractivity contribution in [3.8, 4) is 0 Å². The molecule has 4 nitrogen and oxygen atoms in total. The number of carbonyl (C=O) groups excluding carboxylic acids is 1. The Morgan fingerprint density at radius 2 is 1.61 bits per heavy atom. The van der Waals surface area contributed by atoms with E-state index in [1.165, 1.54) is 11.0 Å². The average Bonchev–Trinajstić information content (AvgIpc) is 3.18. The number of benzene rings is 3. The Morgan fingerprint density at radius 1 is 1.05 bits per heavy atom. The van der Waals surface area contributed by atoms with Crippen molar-refractivity contribution in [2.75, 3.05) is 25.2 Å².